The molecule has 5 rings (SSSR count). The average Bonchev–Trinajstić information content (AvgIpc) is 3.16. The number of hydrogen-bond acceptors (Lipinski definition) is 7. The van der Waals surface area contributed by atoms with Gasteiger partial charge in [-0.1, -0.05) is 54.3 Å². The van der Waals surface area contributed by atoms with E-state index in [9.17, 15) is 19.2 Å². The van der Waals surface area contributed by atoms with Gasteiger partial charge in [0.25, 0.3) is 5.91 Å². The molecule has 0 radical (unpaired) electrons. The smallest absolute Gasteiger partial charge is 0.257 e. The van der Waals surface area contributed by atoms with Crippen LogP contribution in [0.15, 0.2) is 91.0 Å². The maximum Gasteiger partial charge on any atom is 0.257 e. The van der Waals surface area contributed by atoms with E-state index in [0.29, 0.717) is 35.9 Å². The van der Waals surface area contributed by atoms with Crippen molar-refractivity contribution in [2.45, 2.75) is 38.8 Å². The SMILES string of the molecule is CCNC(=O)COc1ccc(C(NC(=O)CCC(=O)NCCC(=O)N2Cc3ccccc3C#Cc3ccccc32)c2ccc(OC)cc2OC)cc1. The number of likely N-dealkylation sites (N-methyl/N-ethyl adjacent to an activating group) is 1. The highest BCUT2D eigenvalue weighted by Gasteiger charge is 2.23. The molecule has 4 aromatic rings. The van der Waals surface area contributed by atoms with Crippen molar-refractivity contribution in [2.24, 2.45) is 0 Å². The minimum absolute atomic E-state index is 0.0736. The molecule has 1 aliphatic heterocycles. The fraction of sp³-hybridized carbons (Fsp3) is 0.268. The van der Waals surface area contributed by atoms with Crippen LogP contribution in [0.5, 0.6) is 17.2 Å². The molecule has 11 nitrogen and oxygen atoms in total. The number of methoxy groups -OCH3 is 2. The number of rotatable bonds is 15. The Bertz CT molecular complexity index is 1970. The van der Waals surface area contributed by atoms with Crippen LogP contribution in [0.1, 0.15) is 60.0 Å². The average molecular weight is 703 g/mol. The third kappa shape index (κ3) is 9.69. The summed E-state index contributed by atoms with van der Waals surface area (Å²) in [6.45, 7) is 2.70. The van der Waals surface area contributed by atoms with Crippen molar-refractivity contribution in [3.05, 3.63) is 119 Å². The summed E-state index contributed by atoms with van der Waals surface area (Å²) in [7, 11) is 3.09. The van der Waals surface area contributed by atoms with Crippen molar-refractivity contribution in [3.63, 3.8) is 0 Å². The molecule has 0 aromatic heterocycles. The van der Waals surface area contributed by atoms with E-state index < -0.39 is 6.04 Å². The first-order chi connectivity index (χ1) is 25.3. The Morgan fingerprint density at radius 3 is 2.19 bits per heavy atom. The fourth-order valence-corrected chi connectivity index (χ4v) is 5.75. The topological polar surface area (TPSA) is 135 Å². The number of hydrogen-bond donors (Lipinski definition) is 3. The Labute approximate surface area is 303 Å². The first kappa shape index (κ1) is 37.0. The molecule has 52 heavy (non-hydrogen) atoms. The second kappa shape index (κ2) is 18.1. The zero-order valence-corrected chi connectivity index (χ0v) is 29.5. The van der Waals surface area contributed by atoms with Crippen LogP contribution in [-0.4, -0.2) is 57.5 Å². The normalized spacial score (nSPS) is 11.9. The van der Waals surface area contributed by atoms with E-state index in [-0.39, 0.29) is 56.0 Å². The van der Waals surface area contributed by atoms with Gasteiger partial charge in [-0.3, -0.25) is 19.2 Å². The monoisotopic (exact) mass is 702 g/mol. The first-order valence-corrected chi connectivity index (χ1v) is 17.1. The van der Waals surface area contributed by atoms with Crippen LogP contribution in [0, 0.1) is 11.8 Å². The van der Waals surface area contributed by atoms with Gasteiger partial charge in [-0.2, -0.15) is 0 Å². The van der Waals surface area contributed by atoms with Crippen molar-refractivity contribution in [1.29, 1.82) is 0 Å². The Morgan fingerprint density at radius 1 is 0.750 bits per heavy atom. The summed E-state index contributed by atoms with van der Waals surface area (Å²) in [5.74, 6) is 6.89. The van der Waals surface area contributed by atoms with E-state index in [1.165, 1.54) is 7.11 Å². The van der Waals surface area contributed by atoms with Crippen molar-refractivity contribution >= 4 is 29.3 Å². The highest BCUT2D eigenvalue weighted by molar-refractivity contribution is 5.95. The van der Waals surface area contributed by atoms with Gasteiger partial charge in [0.2, 0.25) is 17.7 Å². The van der Waals surface area contributed by atoms with Gasteiger partial charge in [0.1, 0.15) is 17.2 Å². The van der Waals surface area contributed by atoms with Gasteiger partial charge in [0, 0.05) is 55.1 Å². The predicted molar refractivity (Wildman–Crippen MR) is 197 cm³/mol. The van der Waals surface area contributed by atoms with E-state index in [0.717, 1.165) is 27.9 Å². The Morgan fingerprint density at radius 2 is 1.44 bits per heavy atom. The zero-order valence-electron chi connectivity index (χ0n) is 29.5. The highest BCUT2D eigenvalue weighted by atomic mass is 16.5. The summed E-state index contributed by atoms with van der Waals surface area (Å²) < 4.78 is 16.6. The van der Waals surface area contributed by atoms with Gasteiger partial charge in [0.05, 0.1) is 32.5 Å². The molecule has 1 unspecified atom stereocenters. The number of carbonyl (C=O) groups is 4. The molecular formula is C41H42N4O7. The van der Waals surface area contributed by atoms with Crippen molar-refractivity contribution < 1.29 is 33.4 Å². The maximum atomic E-state index is 13.5. The lowest BCUT2D eigenvalue weighted by atomic mass is 9.97. The van der Waals surface area contributed by atoms with Crippen LogP contribution < -0.4 is 35.1 Å². The Balaban J connectivity index is 1.19. The van der Waals surface area contributed by atoms with Crippen LogP contribution >= 0.6 is 0 Å². The number of benzene rings is 4. The van der Waals surface area contributed by atoms with Gasteiger partial charge in [-0.05, 0) is 60.5 Å². The number of nitrogens with zero attached hydrogens (tertiary/aromatic N) is 1. The van der Waals surface area contributed by atoms with E-state index in [4.69, 9.17) is 14.2 Å². The predicted octanol–water partition coefficient (Wildman–Crippen LogP) is 4.66. The molecule has 0 bridgehead atoms. The largest absolute Gasteiger partial charge is 0.497 e. The van der Waals surface area contributed by atoms with Crippen molar-refractivity contribution in [2.75, 3.05) is 38.8 Å². The minimum Gasteiger partial charge on any atom is -0.497 e. The van der Waals surface area contributed by atoms with Gasteiger partial charge in [-0.25, -0.2) is 0 Å². The number of nitrogens with one attached hydrogen (secondary N) is 3. The van der Waals surface area contributed by atoms with Crippen molar-refractivity contribution in [3.8, 4) is 29.1 Å². The molecule has 1 aliphatic rings. The van der Waals surface area contributed by atoms with Crippen LogP contribution in [0.2, 0.25) is 0 Å². The summed E-state index contributed by atoms with van der Waals surface area (Å²) in [6.07, 6.45) is -0.0871. The standard InChI is InChI=1S/C41H42N4O7/c1-4-42-39(48)27-52-32-17-15-30(16-18-32)41(34-20-19-33(50-2)25-36(34)51-3)44-38(47)22-21-37(46)43-24-23-40(49)45-26-31-11-6-5-9-28(31)13-14-29-10-7-8-12-35(29)45/h5-12,15-20,25,41H,4,21-24,26-27H2,1-3H3,(H,42,48)(H,43,46)(H,44,47). The Kier molecular flexibility index (Phi) is 12.9. The zero-order chi connectivity index (χ0) is 36.9. The van der Waals surface area contributed by atoms with Gasteiger partial charge in [0.15, 0.2) is 6.61 Å². The first-order valence-electron chi connectivity index (χ1n) is 17.1. The number of carbonyl (C=O) groups excluding carboxylic acids is 4. The minimum atomic E-state index is -0.637. The quantitative estimate of drug-likeness (QED) is 0.154. The summed E-state index contributed by atoms with van der Waals surface area (Å²) in [5, 5.41) is 8.51. The molecule has 11 heteroatoms. The van der Waals surface area contributed by atoms with Gasteiger partial charge < -0.3 is 35.1 Å². The van der Waals surface area contributed by atoms with Gasteiger partial charge >= 0.3 is 0 Å². The highest BCUT2D eigenvalue weighted by Crippen LogP contribution is 2.34. The summed E-state index contributed by atoms with van der Waals surface area (Å²) in [6, 6.07) is 27.0. The Hall–Kier alpha value is -6.28. The van der Waals surface area contributed by atoms with E-state index in [2.05, 4.69) is 27.8 Å². The molecule has 0 fully saturated rings. The molecule has 3 N–H and O–H groups in total. The molecule has 4 amide bonds. The summed E-state index contributed by atoms with van der Waals surface area (Å²) >= 11 is 0. The molecule has 1 atom stereocenters. The molecule has 1 heterocycles. The molecule has 0 saturated carbocycles. The molecule has 0 spiro atoms. The maximum absolute atomic E-state index is 13.5. The van der Waals surface area contributed by atoms with E-state index in [1.807, 2.05) is 55.5 Å². The molecule has 0 aliphatic carbocycles. The number of para-hydroxylation sites is 1. The van der Waals surface area contributed by atoms with E-state index in [1.54, 1.807) is 54.5 Å². The van der Waals surface area contributed by atoms with Crippen LogP contribution in [-0.2, 0) is 25.7 Å². The lowest BCUT2D eigenvalue weighted by Gasteiger charge is -2.26. The van der Waals surface area contributed by atoms with Crippen molar-refractivity contribution in [1.82, 2.24) is 16.0 Å². The summed E-state index contributed by atoms with van der Waals surface area (Å²) in [4.78, 5) is 53.2. The van der Waals surface area contributed by atoms with Crippen LogP contribution in [0.4, 0.5) is 5.69 Å². The summed E-state index contributed by atoms with van der Waals surface area (Å²) in [5.41, 5.74) is 4.70. The molecule has 4 aromatic carbocycles. The third-order valence-electron chi connectivity index (χ3n) is 8.43. The van der Waals surface area contributed by atoms with E-state index >= 15 is 0 Å². The molecule has 268 valence electrons. The lowest BCUT2D eigenvalue weighted by molar-refractivity contribution is -0.127. The molecule has 0 saturated heterocycles. The number of ether oxygens (including phenoxy) is 3. The second-order valence-electron chi connectivity index (χ2n) is 11.9. The fourth-order valence-electron chi connectivity index (χ4n) is 5.75. The number of amides is 4. The second-order valence-corrected chi connectivity index (χ2v) is 11.9. The molecular weight excluding hydrogens is 660 g/mol. The van der Waals surface area contributed by atoms with Crippen LogP contribution in [0.25, 0.3) is 0 Å². The number of fused-ring (bicyclic) bond motifs is 2. The van der Waals surface area contributed by atoms with Crippen LogP contribution in [0.3, 0.4) is 0 Å². The number of anilines is 1. The lowest BCUT2D eigenvalue weighted by Crippen LogP contribution is -2.35. The third-order valence-corrected chi connectivity index (χ3v) is 8.43. The van der Waals surface area contributed by atoms with Gasteiger partial charge in [-0.15, -0.1) is 0 Å².